The van der Waals surface area contributed by atoms with Gasteiger partial charge in [0.2, 0.25) is 5.91 Å². The minimum absolute atomic E-state index is 0. The first-order valence-electron chi connectivity index (χ1n) is 17.1. The van der Waals surface area contributed by atoms with Gasteiger partial charge in [0.05, 0.1) is 29.4 Å². The van der Waals surface area contributed by atoms with E-state index in [1.54, 1.807) is 26.0 Å². The van der Waals surface area contributed by atoms with Crippen molar-refractivity contribution < 1.29 is 65.3 Å². The Hall–Kier alpha value is -4.23. The number of carboxylic acid groups (broad SMARTS) is 1. The number of nitrogens with one attached hydrogen (secondary N) is 1. The van der Waals surface area contributed by atoms with Gasteiger partial charge >= 0.3 is 29.2 Å². The summed E-state index contributed by atoms with van der Waals surface area (Å²) in [6.07, 6.45) is 0.0578. The van der Waals surface area contributed by atoms with E-state index in [1.807, 2.05) is 26.8 Å². The number of amides is 1. The molecule has 5 heterocycles. The summed E-state index contributed by atoms with van der Waals surface area (Å²) < 4.78 is 39.1. The molecule has 0 aliphatic carbocycles. The van der Waals surface area contributed by atoms with Gasteiger partial charge < -0.3 is 34.5 Å². The van der Waals surface area contributed by atoms with Crippen LogP contribution in [-0.2, 0) is 51.3 Å². The zero-order chi connectivity index (χ0) is 38.2. The molecule has 0 saturated carbocycles. The van der Waals surface area contributed by atoms with Crippen LogP contribution in [0, 0.1) is 13.8 Å². The van der Waals surface area contributed by atoms with Crippen molar-refractivity contribution in [1.29, 1.82) is 0 Å². The third kappa shape index (κ3) is 8.62. The number of fused-ring (bicyclic) bond motifs is 8. The summed E-state index contributed by atoms with van der Waals surface area (Å²) in [4.78, 5) is 71.4. The van der Waals surface area contributed by atoms with Crippen LogP contribution in [0.3, 0.4) is 0 Å². The largest absolute Gasteiger partial charge is 2.00 e. The average Bonchev–Trinajstić information content (AvgIpc) is 3.74. The molecule has 14 nitrogen and oxygen atoms in total. The molecule has 5 rings (SSSR count). The van der Waals surface area contributed by atoms with Crippen LogP contribution in [0.25, 0.3) is 22.1 Å². The zero-order valence-electron chi connectivity index (χ0n) is 32.5. The molecule has 1 amide bonds. The van der Waals surface area contributed by atoms with Gasteiger partial charge in [-0.25, -0.2) is 8.42 Å². The number of ketones is 1. The molecule has 8 bridgehead atoms. The quantitative estimate of drug-likeness (QED) is 0.127. The molecule has 286 valence electrons. The van der Waals surface area contributed by atoms with E-state index >= 15 is 0 Å². The number of carboxylic acids is 1. The van der Waals surface area contributed by atoms with Crippen molar-refractivity contribution in [3.05, 3.63) is 68.8 Å². The van der Waals surface area contributed by atoms with Crippen molar-refractivity contribution in [3.8, 4) is 0 Å². The normalized spacial score (nSPS) is 18.3. The fraction of sp³-hybridized carbons (Fsp3) is 0.459. The van der Waals surface area contributed by atoms with Crippen LogP contribution in [0.2, 0.25) is 0 Å². The topological polar surface area (TPSA) is 224 Å². The fourth-order valence-corrected chi connectivity index (χ4v) is 7.69. The van der Waals surface area contributed by atoms with Crippen molar-refractivity contribution >= 4 is 55.8 Å². The zero-order valence-corrected chi connectivity index (χ0v) is 32.8. The monoisotopic (exact) mass is 839 g/mol. The van der Waals surface area contributed by atoms with E-state index in [-0.39, 0.29) is 70.4 Å². The molecule has 0 saturated heterocycles. The van der Waals surface area contributed by atoms with Gasteiger partial charge in [-0.15, -0.1) is 22.1 Å². The maximum atomic E-state index is 13.9. The van der Waals surface area contributed by atoms with Gasteiger partial charge in [-0.1, -0.05) is 50.1 Å². The van der Waals surface area contributed by atoms with Gasteiger partial charge in [0.15, 0.2) is 5.78 Å². The van der Waals surface area contributed by atoms with Crippen molar-refractivity contribution in [2.45, 2.75) is 90.9 Å². The average molecular weight is 840 g/mol. The SMILES string of the molecule is CC[C@H]1c2cc3[n-]c(c(CC(=O)OC)c4nc(cc5[n-]c(cc(n2)[C@@H]1C)c(C(C)=O)c5C)[C@@H](C)[C@@H]4CCC(=O)[O-])c(C(=O)NCCS(=O)(=O)[O-])c3C.[H+].[H+].[Pd+2]. The maximum Gasteiger partial charge on any atom is 2.00 e. The van der Waals surface area contributed by atoms with Gasteiger partial charge in [-0.05, 0) is 45.6 Å². The van der Waals surface area contributed by atoms with Gasteiger partial charge in [-0.2, -0.15) is 0 Å². The minimum Gasteiger partial charge on any atom is -0.748 e. The molecule has 0 radical (unpaired) electrons. The summed E-state index contributed by atoms with van der Waals surface area (Å²) in [6.45, 7) is 10.4. The molecule has 1 N–H and O–H groups in total. The number of aliphatic carboxylic acids is 1. The number of aromatic nitrogens is 4. The molecule has 53 heavy (non-hydrogen) atoms. The number of hydrogen-bond donors (Lipinski definition) is 1. The first kappa shape index (κ1) is 41.5. The second-order valence-corrected chi connectivity index (χ2v) is 15.0. The number of hydrogen-bond acceptors (Lipinski definition) is 11. The van der Waals surface area contributed by atoms with Crippen LogP contribution in [0.15, 0.2) is 18.2 Å². The number of nitrogens with zero attached hydrogens (tertiary/aromatic N) is 4. The molecule has 0 unspecified atom stereocenters. The van der Waals surface area contributed by atoms with Crippen LogP contribution in [0.5, 0.6) is 0 Å². The van der Waals surface area contributed by atoms with Crippen molar-refractivity contribution in [2.75, 3.05) is 19.4 Å². The standard InChI is InChI=1S/C37H45N5O9S.Pd/c1-8-22-17(2)25-16-30-33(21(6)43)19(4)27(40-30)14-26-18(3)23(9-10-31(44)45)35(41-26)24(13-32(46)51-7)36-34(37(47)38-11-12-52(48,49)50)20(5)28(42-36)15-29(22)39-25;/h14-18,22-23H,8-13H2,1-7H3,(H5,38,39,40,41,42,43,44,45,47,48,49,50);/q;+2/p-2/t17-,18+,22-,23+;/m1./s1. The Balaban J connectivity index is 0.00000348. The van der Waals surface area contributed by atoms with E-state index in [4.69, 9.17) is 24.7 Å². The summed E-state index contributed by atoms with van der Waals surface area (Å²) in [5, 5.41) is 14.2. The molecule has 2 aliphatic heterocycles. The summed E-state index contributed by atoms with van der Waals surface area (Å²) in [5.74, 6) is -4.82. The van der Waals surface area contributed by atoms with E-state index in [9.17, 15) is 37.3 Å². The third-order valence-corrected chi connectivity index (χ3v) is 10.9. The molecular weight excluding hydrogens is 797 g/mol. The number of carbonyl (C=O) groups is 4. The number of aryl methyl sites for hydroxylation is 2. The van der Waals surface area contributed by atoms with Gasteiger partial charge in [-0.3, -0.25) is 24.4 Å². The van der Waals surface area contributed by atoms with Crippen LogP contribution in [-0.4, -0.2) is 66.0 Å². The number of Topliss-reactive ketones (excluding diaryl/α,β-unsaturated/α-hetero) is 1. The molecule has 3 aromatic heterocycles. The third-order valence-electron chi connectivity index (χ3n) is 10.2. The van der Waals surface area contributed by atoms with Crippen molar-refractivity contribution in [1.82, 2.24) is 25.3 Å². The van der Waals surface area contributed by atoms with Crippen LogP contribution in [0.1, 0.15) is 134 Å². The molecule has 0 spiro atoms. The van der Waals surface area contributed by atoms with Gasteiger partial charge in [0.1, 0.15) is 0 Å². The van der Waals surface area contributed by atoms with E-state index in [0.717, 1.165) is 0 Å². The molecule has 4 atom stereocenters. The van der Waals surface area contributed by atoms with Crippen molar-refractivity contribution in [2.24, 2.45) is 0 Å². The Bertz CT molecular complexity index is 2260. The van der Waals surface area contributed by atoms with Gasteiger partial charge in [0.25, 0.3) is 0 Å². The van der Waals surface area contributed by atoms with E-state index in [0.29, 0.717) is 62.4 Å². The first-order chi connectivity index (χ1) is 24.4. The fourth-order valence-electron chi connectivity index (χ4n) is 7.34. The number of carbonyl (C=O) groups excluding carboxylic acids is 4. The molecule has 3 aromatic rings. The predicted octanol–water partition coefficient (Wildman–Crippen LogP) is 3.32. The number of methoxy groups -OCH3 is 1. The Kier molecular flexibility index (Phi) is 12.9. The number of ether oxygens (including phenoxy) is 1. The Morgan fingerprint density at radius 1 is 0.925 bits per heavy atom. The number of esters is 1. The van der Waals surface area contributed by atoms with E-state index in [1.165, 1.54) is 14.0 Å². The summed E-state index contributed by atoms with van der Waals surface area (Å²) >= 11 is 0. The molecule has 0 fully saturated rings. The van der Waals surface area contributed by atoms with Crippen LogP contribution >= 0.6 is 0 Å². The Labute approximate surface area is 324 Å². The molecular formula is C37H43N5O9PdS. The Morgan fingerprint density at radius 2 is 1.51 bits per heavy atom. The molecule has 16 heteroatoms. The first-order valence-corrected chi connectivity index (χ1v) is 18.7. The smallest absolute Gasteiger partial charge is 0.748 e. The van der Waals surface area contributed by atoms with Gasteiger partial charge in [0, 0.05) is 70.1 Å². The summed E-state index contributed by atoms with van der Waals surface area (Å²) in [6, 6.07) is 5.34. The number of rotatable bonds is 11. The van der Waals surface area contributed by atoms with Crippen LogP contribution < -0.4 is 20.4 Å². The molecule has 2 aliphatic rings. The second-order valence-electron chi connectivity index (χ2n) is 13.5. The summed E-state index contributed by atoms with van der Waals surface area (Å²) in [5.41, 5.74) is 5.35. The Morgan fingerprint density at radius 3 is 2.11 bits per heavy atom. The summed E-state index contributed by atoms with van der Waals surface area (Å²) in [7, 11) is -3.43. The van der Waals surface area contributed by atoms with E-state index < -0.39 is 58.5 Å². The van der Waals surface area contributed by atoms with Crippen LogP contribution in [0.4, 0.5) is 0 Å². The second kappa shape index (κ2) is 16.4. The predicted molar refractivity (Wildman–Crippen MR) is 190 cm³/mol. The van der Waals surface area contributed by atoms with E-state index in [2.05, 4.69) is 5.32 Å². The molecule has 0 aromatic carbocycles. The van der Waals surface area contributed by atoms with Crippen molar-refractivity contribution in [3.63, 3.8) is 0 Å². The minimum atomic E-state index is -4.64. The maximum absolute atomic E-state index is 13.9.